The number of carbonyl (C=O) groups is 1. The van der Waals surface area contributed by atoms with E-state index < -0.39 is 0 Å². The molecular weight excluding hydrogens is 348 g/mol. The molecule has 1 fully saturated rings. The molecule has 0 saturated carbocycles. The molecule has 6 heteroatoms. The van der Waals surface area contributed by atoms with E-state index in [1.807, 2.05) is 36.4 Å². The Morgan fingerprint density at radius 1 is 1.15 bits per heavy atom. The average molecular weight is 370 g/mol. The number of ether oxygens (including phenoxy) is 2. The molecule has 26 heavy (non-hydrogen) atoms. The van der Waals surface area contributed by atoms with E-state index in [-0.39, 0.29) is 11.4 Å². The third-order valence-corrected chi connectivity index (χ3v) is 5.14. The fourth-order valence-corrected chi connectivity index (χ4v) is 3.70. The van der Waals surface area contributed by atoms with Gasteiger partial charge in [0.25, 0.3) is 5.91 Å². The van der Waals surface area contributed by atoms with Crippen molar-refractivity contribution < 1.29 is 14.3 Å². The van der Waals surface area contributed by atoms with Gasteiger partial charge in [-0.15, -0.1) is 0 Å². The molecule has 1 atom stereocenters. The summed E-state index contributed by atoms with van der Waals surface area (Å²) in [5, 5.41) is 6.26. The fourth-order valence-electron chi connectivity index (χ4n) is 2.72. The van der Waals surface area contributed by atoms with Crippen LogP contribution in [-0.2, 0) is 11.2 Å². The molecule has 0 spiro atoms. The molecule has 0 bridgehead atoms. The van der Waals surface area contributed by atoms with Gasteiger partial charge in [-0.25, -0.2) is 0 Å². The van der Waals surface area contributed by atoms with E-state index in [4.69, 9.17) is 9.47 Å². The van der Waals surface area contributed by atoms with Crippen LogP contribution in [0.25, 0.3) is 6.08 Å². The molecule has 0 aromatic heterocycles. The Morgan fingerprint density at radius 3 is 2.58 bits per heavy atom. The molecule has 0 radical (unpaired) electrons. The molecule has 2 aromatic carbocycles. The van der Waals surface area contributed by atoms with E-state index in [2.05, 4.69) is 29.7 Å². The number of nitrogens with one attached hydrogen (secondary N) is 2. The number of rotatable bonds is 6. The highest BCUT2D eigenvalue weighted by molar-refractivity contribution is 8.05. The first-order valence-electron chi connectivity index (χ1n) is 8.40. The quantitative estimate of drug-likeness (QED) is 0.756. The Bertz CT molecular complexity index is 818. The molecule has 1 aliphatic heterocycles. The van der Waals surface area contributed by atoms with Gasteiger partial charge in [0.2, 0.25) is 0 Å². The molecular formula is C20H22N2O3S. The highest BCUT2D eigenvalue weighted by Gasteiger charge is 2.27. The summed E-state index contributed by atoms with van der Waals surface area (Å²) >= 11 is 1.44. The van der Waals surface area contributed by atoms with Crippen molar-refractivity contribution in [3.05, 3.63) is 58.5 Å². The number of benzene rings is 2. The zero-order valence-electron chi connectivity index (χ0n) is 15.0. The summed E-state index contributed by atoms with van der Waals surface area (Å²) < 4.78 is 10.7. The third-order valence-electron chi connectivity index (χ3n) is 4.11. The van der Waals surface area contributed by atoms with Crippen LogP contribution in [0.5, 0.6) is 11.5 Å². The first-order valence-corrected chi connectivity index (χ1v) is 9.28. The first kappa shape index (κ1) is 18.2. The van der Waals surface area contributed by atoms with Crippen LogP contribution in [0.15, 0.2) is 47.4 Å². The van der Waals surface area contributed by atoms with Crippen LogP contribution in [0, 0.1) is 0 Å². The largest absolute Gasteiger partial charge is 0.493 e. The maximum Gasteiger partial charge on any atom is 0.260 e. The molecule has 1 heterocycles. The highest BCUT2D eigenvalue weighted by atomic mass is 32.2. The summed E-state index contributed by atoms with van der Waals surface area (Å²) in [7, 11) is 3.18. The second-order valence-corrected chi connectivity index (χ2v) is 6.90. The van der Waals surface area contributed by atoms with E-state index in [1.54, 1.807) is 14.2 Å². The summed E-state index contributed by atoms with van der Waals surface area (Å²) in [6.45, 7) is 2.12. The van der Waals surface area contributed by atoms with Crippen molar-refractivity contribution in [1.29, 1.82) is 0 Å². The van der Waals surface area contributed by atoms with E-state index >= 15 is 0 Å². The molecule has 1 saturated heterocycles. The Balaban J connectivity index is 1.76. The van der Waals surface area contributed by atoms with Crippen molar-refractivity contribution >= 4 is 29.4 Å². The second-order valence-electron chi connectivity index (χ2n) is 5.76. The lowest BCUT2D eigenvalue weighted by atomic mass is 10.1. The number of carbonyl (C=O) groups excluding carboxylic acids is 1. The minimum Gasteiger partial charge on any atom is -0.493 e. The standard InChI is InChI=1S/C20H22N2O3S/c1-4-13-8-10-15(11-9-13)21-20-22-19(23)17(26-20)12-14-6-5-7-16(24-2)18(14)25-3/h5-12,20-21H,4H2,1-3H3,(H,22,23)/b17-12-/t20-/m1/s1. The normalized spacial score (nSPS) is 17.9. The molecule has 5 nitrogen and oxygen atoms in total. The summed E-state index contributed by atoms with van der Waals surface area (Å²) in [6, 6.07) is 13.8. The summed E-state index contributed by atoms with van der Waals surface area (Å²) in [4.78, 5) is 12.9. The van der Waals surface area contributed by atoms with Crippen LogP contribution < -0.4 is 20.1 Å². The van der Waals surface area contributed by atoms with Crippen LogP contribution >= 0.6 is 11.8 Å². The van der Waals surface area contributed by atoms with Crippen LogP contribution in [0.2, 0.25) is 0 Å². The molecule has 0 unspecified atom stereocenters. The number of methoxy groups -OCH3 is 2. The number of thioether (sulfide) groups is 1. The number of hydrogen-bond acceptors (Lipinski definition) is 5. The van der Waals surface area contributed by atoms with Gasteiger partial charge in [-0.2, -0.15) is 0 Å². The van der Waals surface area contributed by atoms with Crippen molar-refractivity contribution in [1.82, 2.24) is 5.32 Å². The van der Waals surface area contributed by atoms with Crippen LogP contribution in [0.3, 0.4) is 0 Å². The Morgan fingerprint density at radius 2 is 1.92 bits per heavy atom. The van der Waals surface area contributed by atoms with Crippen molar-refractivity contribution in [2.75, 3.05) is 19.5 Å². The van der Waals surface area contributed by atoms with Gasteiger partial charge in [-0.1, -0.05) is 43.0 Å². The molecule has 0 aliphatic carbocycles. The number of para-hydroxylation sites is 1. The van der Waals surface area contributed by atoms with Gasteiger partial charge in [-0.05, 0) is 36.3 Å². The van der Waals surface area contributed by atoms with Gasteiger partial charge in [0.1, 0.15) is 0 Å². The van der Waals surface area contributed by atoms with Crippen molar-refractivity contribution in [2.24, 2.45) is 0 Å². The van der Waals surface area contributed by atoms with Crippen LogP contribution in [-0.4, -0.2) is 25.6 Å². The molecule has 2 N–H and O–H groups in total. The van der Waals surface area contributed by atoms with E-state index in [0.717, 1.165) is 17.7 Å². The molecule has 136 valence electrons. The van der Waals surface area contributed by atoms with E-state index in [1.165, 1.54) is 17.3 Å². The van der Waals surface area contributed by atoms with Gasteiger partial charge < -0.3 is 20.1 Å². The third kappa shape index (κ3) is 3.96. The van der Waals surface area contributed by atoms with E-state index in [0.29, 0.717) is 16.4 Å². The predicted molar refractivity (Wildman–Crippen MR) is 106 cm³/mol. The monoisotopic (exact) mass is 370 g/mol. The zero-order valence-corrected chi connectivity index (χ0v) is 15.9. The lowest BCUT2D eigenvalue weighted by molar-refractivity contribution is -0.116. The van der Waals surface area contributed by atoms with Gasteiger partial charge in [-0.3, -0.25) is 4.79 Å². The lowest BCUT2D eigenvalue weighted by Crippen LogP contribution is -2.30. The Labute approximate surface area is 157 Å². The van der Waals surface area contributed by atoms with E-state index in [9.17, 15) is 4.79 Å². The number of aryl methyl sites for hydroxylation is 1. The fraction of sp³-hybridized carbons (Fsp3) is 0.250. The smallest absolute Gasteiger partial charge is 0.260 e. The molecule has 2 aromatic rings. The average Bonchev–Trinajstić information content (AvgIpc) is 3.01. The predicted octanol–water partition coefficient (Wildman–Crippen LogP) is 3.87. The van der Waals surface area contributed by atoms with Gasteiger partial charge in [0, 0.05) is 11.3 Å². The lowest BCUT2D eigenvalue weighted by Gasteiger charge is -2.13. The van der Waals surface area contributed by atoms with Gasteiger partial charge in [0.05, 0.1) is 19.1 Å². The molecule has 1 amide bonds. The number of anilines is 1. The second kappa shape index (κ2) is 8.19. The summed E-state index contributed by atoms with van der Waals surface area (Å²) in [6.07, 6.45) is 2.83. The maximum atomic E-state index is 12.3. The topological polar surface area (TPSA) is 59.6 Å². The highest BCUT2D eigenvalue weighted by Crippen LogP contribution is 2.36. The summed E-state index contributed by atoms with van der Waals surface area (Å²) in [5.74, 6) is 1.14. The first-order chi connectivity index (χ1) is 12.6. The molecule has 1 aliphatic rings. The van der Waals surface area contributed by atoms with Gasteiger partial charge >= 0.3 is 0 Å². The van der Waals surface area contributed by atoms with Crippen molar-refractivity contribution in [2.45, 2.75) is 18.8 Å². The van der Waals surface area contributed by atoms with Crippen molar-refractivity contribution in [3.63, 3.8) is 0 Å². The number of hydrogen-bond donors (Lipinski definition) is 2. The van der Waals surface area contributed by atoms with Crippen molar-refractivity contribution in [3.8, 4) is 11.5 Å². The Hall–Kier alpha value is -2.60. The maximum absolute atomic E-state index is 12.3. The number of amides is 1. The zero-order chi connectivity index (χ0) is 18.5. The van der Waals surface area contributed by atoms with Gasteiger partial charge in [0.15, 0.2) is 17.0 Å². The minimum atomic E-state index is -0.210. The van der Waals surface area contributed by atoms with Crippen LogP contribution in [0.1, 0.15) is 18.1 Å². The Kier molecular flexibility index (Phi) is 5.73. The SMILES string of the molecule is CCc1ccc(N[C@@H]2NC(=O)/C(=C/c3cccc(OC)c3OC)S2)cc1. The van der Waals surface area contributed by atoms with Crippen LogP contribution in [0.4, 0.5) is 5.69 Å². The molecule has 3 rings (SSSR count). The minimum absolute atomic E-state index is 0.109. The summed E-state index contributed by atoms with van der Waals surface area (Å²) in [5.41, 5.74) is 2.85.